The highest BCUT2D eigenvalue weighted by molar-refractivity contribution is 5.82. The molecule has 152 valence electrons. The molecule has 3 N–H and O–H groups in total. The van der Waals surface area contributed by atoms with Crippen LogP contribution in [0, 0.1) is 0 Å². The van der Waals surface area contributed by atoms with Gasteiger partial charge in [-0.2, -0.15) is 4.98 Å². The van der Waals surface area contributed by atoms with E-state index >= 15 is 0 Å². The van der Waals surface area contributed by atoms with Crippen molar-refractivity contribution in [1.82, 2.24) is 30.5 Å². The van der Waals surface area contributed by atoms with Crippen LogP contribution in [0.2, 0.25) is 0 Å². The summed E-state index contributed by atoms with van der Waals surface area (Å²) >= 11 is 0. The number of carbonyl (C=O) groups is 1. The molecule has 2 aromatic heterocycles. The average molecular weight is 394 g/mol. The van der Waals surface area contributed by atoms with E-state index in [0.717, 1.165) is 38.5 Å². The van der Waals surface area contributed by atoms with Gasteiger partial charge in [-0.25, -0.2) is 9.97 Å². The Morgan fingerprint density at radius 1 is 1.14 bits per heavy atom. The summed E-state index contributed by atoms with van der Waals surface area (Å²) in [6, 6.07) is 5.89. The Morgan fingerprint density at radius 2 is 2.07 bits per heavy atom. The zero-order valence-electron chi connectivity index (χ0n) is 16.4. The van der Waals surface area contributed by atoms with E-state index in [1.807, 2.05) is 23.2 Å². The third kappa shape index (κ3) is 4.30. The smallest absolute Gasteiger partial charge is 0.239 e. The monoisotopic (exact) mass is 394 g/mol. The quantitative estimate of drug-likeness (QED) is 0.674. The summed E-state index contributed by atoms with van der Waals surface area (Å²) in [7, 11) is 0. The summed E-state index contributed by atoms with van der Waals surface area (Å²) in [6.45, 7) is 5.89. The molecule has 2 saturated heterocycles. The third-order valence-corrected chi connectivity index (χ3v) is 5.78. The maximum atomic E-state index is 11.6. The van der Waals surface area contributed by atoms with Gasteiger partial charge in [-0.1, -0.05) is 6.07 Å². The van der Waals surface area contributed by atoms with Crippen LogP contribution in [-0.2, 0) is 11.3 Å². The average Bonchev–Trinajstić information content (AvgIpc) is 3.48. The number of anilines is 3. The van der Waals surface area contributed by atoms with Crippen LogP contribution < -0.4 is 20.9 Å². The molecule has 0 radical (unpaired) electrons. The Morgan fingerprint density at radius 3 is 2.86 bits per heavy atom. The Labute approximate surface area is 169 Å². The van der Waals surface area contributed by atoms with E-state index in [1.54, 1.807) is 6.20 Å². The van der Waals surface area contributed by atoms with E-state index in [0.29, 0.717) is 30.4 Å². The fourth-order valence-electron chi connectivity index (χ4n) is 4.05. The summed E-state index contributed by atoms with van der Waals surface area (Å²) in [4.78, 5) is 29.4. The Bertz CT molecular complexity index is 882. The standard InChI is InChI=1S/C20H26N8O/c29-18-13-28(10-7-21-18)17-3-6-22-19(26-17)25-16-2-1-15(11-23-16)12-27-9-8-24-20(14-27)4-5-20/h1-3,6,11,24H,4-5,7-10,12-14H2,(H,21,29)(H,22,23,25,26). The topological polar surface area (TPSA) is 98.3 Å². The van der Waals surface area contributed by atoms with Crippen LogP contribution in [0.25, 0.3) is 0 Å². The zero-order chi connectivity index (χ0) is 19.7. The Hall–Kier alpha value is -2.78. The molecule has 1 aliphatic carbocycles. The highest BCUT2D eigenvalue weighted by atomic mass is 16.2. The number of piperazine rings is 2. The number of carbonyl (C=O) groups excluding carboxylic acids is 1. The van der Waals surface area contributed by atoms with Crippen LogP contribution in [-0.4, -0.2) is 70.6 Å². The van der Waals surface area contributed by atoms with E-state index in [4.69, 9.17) is 0 Å². The number of nitrogens with zero attached hydrogens (tertiary/aromatic N) is 5. The van der Waals surface area contributed by atoms with Crippen LogP contribution >= 0.6 is 0 Å². The predicted octanol–water partition coefficient (Wildman–Crippen LogP) is 0.489. The third-order valence-electron chi connectivity index (χ3n) is 5.78. The van der Waals surface area contributed by atoms with E-state index < -0.39 is 0 Å². The van der Waals surface area contributed by atoms with Crippen LogP contribution in [0.1, 0.15) is 18.4 Å². The molecule has 0 atom stereocenters. The van der Waals surface area contributed by atoms with Gasteiger partial charge in [0, 0.05) is 57.2 Å². The maximum absolute atomic E-state index is 11.6. The highest BCUT2D eigenvalue weighted by Gasteiger charge is 2.45. The molecule has 0 unspecified atom stereocenters. The molecule has 3 fully saturated rings. The van der Waals surface area contributed by atoms with Crippen molar-refractivity contribution >= 4 is 23.5 Å². The number of rotatable bonds is 5. The number of aromatic nitrogens is 3. The fourth-order valence-corrected chi connectivity index (χ4v) is 4.05. The van der Waals surface area contributed by atoms with Gasteiger partial charge in [0.2, 0.25) is 11.9 Å². The second-order valence-electron chi connectivity index (χ2n) is 8.10. The summed E-state index contributed by atoms with van der Waals surface area (Å²) in [5, 5.41) is 9.63. The summed E-state index contributed by atoms with van der Waals surface area (Å²) in [5.74, 6) is 1.94. The van der Waals surface area contributed by atoms with Crippen molar-refractivity contribution in [3.8, 4) is 0 Å². The Balaban J connectivity index is 1.21. The van der Waals surface area contributed by atoms with Crippen molar-refractivity contribution < 1.29 is 4.79 Å². The first-order chi connectivity index (χ1) is 14.2. The van der Waals surface area contributed by atoms with Crippen LogP contribution in [0.15, 0.2) is 30.6 Å². The van der Waals surface area contributed by atoms with Gasteiger partial charge in [-0.05, 0) is 30.5 Å². The zero-order valence-corrected chi connectivity index (χ0v) is 16.4. The highest BCUT2D eigenvalue weighted by Crippen LogP contribution is 2.37. The van der Waals surface area contributed by atoms with E-state index in [2.05, 4.69) is 41.9 Å². The molecule has 9 heteroatoms. The van der Waals surface area contributed by atoms with Gasteiger partial charge >= 0.3 is 0 Å². The minimum atomic E-state index is 0.0127. The largest absolute Gasteiger partial charge is 0.353 e. The van der Waals surface area contributed by atoms with Crippen LogP contribution in [0.3, 0.4) is 0 Å². The normalized spacial score (nSPS) is 21.1. The molecule has 2 aliphatic heterocycles. The molecule has 3 aliphatic rings. The molecule has 1 amide bonds. The molecule has 29 heavy (non-hydrogen) atoms. The van der Waals surface area contributed by atoms with Crippen molar-refractivity contribution in [2.75, 3.05) is 49.5 Å². The number of hydrogen-bond donors (Lipinski definition) is 3. The van der Waals surface area contributed by atoms with Gasteiger partial charge < -0.3 is 20.9 Å². The first kappa shape index (κ1) is 18.3. The fraction of sp³-hybridized carbons (Fsp3) is 0.500. The van der Waals surface area contributed by atoms with Gasteiger partial charge in [0.1, 0.15) is 11.6 Å². The van der Waals surface area contributed by atoms with Gasteiger partial charge in [-0.3, -0.25) is 9.69 Å². The van der Waals surface area contributed by atoms with Gasteiger partial charge in [-0.15, -0.1) is 0 Å². The summed E-state index contributed by atoms with van der Waals surface area (Å²) in [6.07, 6.45) is 6.21. The molecule has 9 nitrogen and oxygen atoms in total. The van der Waals surface area contributed by atoms with Gasteiger partial charge in [0.05, 0.1) is 6.54 Å². The molecule has 0 aromatic carbocycles. The van der Waals surface area contributed by atoms with Crippen molar-refractivity contribution in [3.63, 3.8) is 0 Å². The summed E-state index contributed by atoms with van der Waals surface area (Å²) < 4.78 is 0. The lowest BCUT2D eigenvalue weighted by atomic mass is 10.1. The summed E-state index contributed by atoms with van der Waals surface area (Å²) in [5.41, 5.74) is 1.60. The molecular weight excluding hydrogens is 368 g/mol. The molecular formula is C20H26N8O. The predicted molar refractivity (Wildman–Crippen MR) is 110 cm³/mol. The van der Waals surface area contributed by atoms with Crippen molar-refractivity contribution in [2.45, 2.75) is 24.9 Å². The maximum Gasteiger partial charge on any atom is 0.239 e. The van der Waals surface area contributed by atoms with Crippen LogP contribution in [0.5, 0.6) is 0 Å². The van der Waals surface area contributed by atoms with E-state index in [9.17, 15) is 4.79 Å². The molecule has 5 rings (SSSR count). The first-order valence-corrected chi connectivity index (χ1v) is 10.2. The van der Waals surface area contributed by atoms with Gasteiger partial charge in [0.15, 0.2) is 0 Å². The van der Waals surface area contributed by atoms with Gasteiger partial charge in [0.25, 0.3) is 0 Å². The van der Waals surface area contributed by atoms with E-state index in [-0.39, 0.29) is 5.91 Å². The minimum Gasteiger partial charge on any atom is -0.353 e. The number of amides is 1. The lowest BCUT2D eigenvalue weighted by Gasteiger charge is -2.33. The molecule has 2 aromatic rings. The number of hydrogen-bond acceptors (Lipinski definition) is 8. The SMILES string of the molecule is O=C1CN(c2ccnc(Nc3ccc(CN4CCNC5(CC5)C4)cn3)n2)CCN1. The first-order valence-electron chi connectivity index (χ1n) is 10.2. The number of nitrogens with one attached hydrogen (secondary N) is 3. The molecule has 1 saturated carbocycles. The number of pyridine rings is 1. The minimum absolute atomic E-state index is 0.0127. The molecule has 1 spiro atoms. The lowest BCUT2D eigenvalue weighted by Crippen LogP contribution is -2.51. The molecule has 4 heterocycles. The van der Waals surface area contributed by atoms with Crippen molar-refractivity contribution in [2.24, 2.45) is 0 Å². The van der Waals surface area contributed by atoms with Crippen LogP contribution in [0.4, 0.5) is 17.6 Å². The second kappa shape index (κ2) is 7.57. The van der Waals surface area contributed by atoms with Crippen molar-refractivity contribution in [1.29, 1.82) is 0 Å². The Kier molecular flexibility index (Phi) is 4.76. The van der Waals surface area contributed by atoms with Crippen molar-refractivity contribution in [3.05, 3.63) is 36.2 Å². The van der Waals surface area contributed by atoms with E-state index in [1.165, 1.54) is 18.4 Å². The second-order valence-corrected chi connectivity index (χ2v) is 8.10. The molecule has 0 bridgehead atoms. The lowest BCUT2D eigenvalue weighted by molar-refractivity contribution is -0.120.